The molecule has 9 heteroatoms. The molecule has 0 fully saturated rings. The summed E-state index contributed by atoms with van der Waals surface area (Å²) in [5.41, 5.74) is 2.81. The summed E-state index contributed by atoms with van der Waals surface area (Å²) in [5.74, 6) is 0.972. The number of nitrogens with zero attached hydrogens (tertiary/aromatic N) is 1. The van der Waals surface area contributed by atoms with Crippen molar-refractivity contribution >= 4 is 6.09 Å². The summed E-state index contributed by atoms with van der Waals surface area (Å²) in [6.07, 6.45) is -3.85. The van der Waals surface area contributed by atoms with E-state index >= 15 is 0 Å². The van der Waals surface area contributed by atoms with Gasteiger partial charge in [-0.25, -0.2) is 4.79 Å². The summed E-state index contributed by atoms with van der Waals surface area (Å²) in [6, 6.07) is 5.99. The van der Waals surface area contributed by atoms with Gasteiger partial charge in [-0.3, -0.25) is 4.98 Å². The third-order valence-electron chi connectivity index (χ3n) is 4.09. The summed E-state index contributed by atoms with van der Waals surface area (Å²) in [4.78, 5) is 14.8. The van der Waals surface area contributed by atoms with E-state index in [0.29, 0.717) is 18.1 Å². The van der Waals surface area contributed by atoms with Gasteiger partial charge in [0.2, 0.25) is 0 Å². The van der Waals surface area contributed by atoms with Gasteiger partial charge in [-0.15, -0.1) is 0 Å². The molecule has 0 saturated carbocycles. The Morgan fingerprint density at radius 2 is 2.15 bits per heavy atom. The Hall–Kier alpha value is -2.97. The molecule has 6 nitrogen and oxygen atoms in total. The highest BCUT2D eigenvalue weighted by molar-refractivity contribution is 5.75. The lowest BCUT2D eigenvalue weighted by atomic mass is 9.99. The second kappa shape index (κ2) is 7.73. The average Bonchev–Trinajstić information content (AvgIpc) is 2.62. The lowest BCUT2D eigenvalue weighted by Gasteiger charge is -2.22. The first kappa shape index (κ1) is 18.8. The van der Waals surface area contributed by atoms with Gasteiger partial charge in [0.1, 0.15) is 24.7 Å². The maximum Gasteiger partial charge on any atom is 0.404 e. The number of benzene rings is 1. The van der Waals surface area contributed by atoms with Crippen molar-refractivity contribution in [2.24, 2.45) is 0 Å². The van der Waals surface area contributed by atoms with Gasteiger partial charge < -0.3 is 19.9 Å². The SMILES string of the molecule is O=C(O)NC(CCC(F)(F)F)COc1ccc2c(c1)OCc1cnccc1-2. The molecule has 2 N–H and O–H groups in total. The Morgan fingerprint density at radius 3 is 2.89 bits per heavy atom. The van der Waals surface area contributed by atoms with Crippen molar-refractivity contribution in [3.63, 3.8) is 0 Å². The summed E-state index contributed by atoms with van der Waals surface area (Å²) in [5, 5.41) is 10.8. The van der Waals surface area contributed by atoms with Crippen LogP contribution in [0.5, 0.6) is 11.5 Å². The zero-order valence-corrected chi connectivity index (χ0v) is 14.1. The summed E-state index contributed by atoms with van der Waals surface area (Å²) in [6.45, 7) is 0.135. The maximum absolute atomic E-state index is 12.4. The number of amides is 1. The number of carbonyl (C=O) groups is 1. The van der Waals surface area contributed by atoms with Gasteiger partial charge in [-0.2, -0.15) is 13.2 Å². The van der Waals surface area contributed by atoms with Crippen molar-refractivity contribution in [2.75, 3.05) is 6.61 Å². The Kier molecular flexibility index (Phi) is 5.38. The van der Waals surface area contributed by atoms with Gasteiger partial charge in [0, 0.05) is 36.0 Å². The summed E-state index contributed by atoms with van der Waals surface area (Å²) >= 11 is 0. The topological polar surface area (TPSA) is 80.7 Å². The third-order valence-corrected chi connectivity index (χ3v) is 4.09. The molecule has 1 aliphatic heterocycles. The Balaban J connectivity index is 1.68. The zero-order valence-electron chi connectivity index (χ0n) is 14.1. The van der Waals surface area contributed by atoms with Gasteiger partial charge >= 0.3 is 12.3 Å². The van der Waals surface area contributed by atoms with Gasteiger partial charge in [-0.1, -0.05) is 0 Å². The van der Waals surface area contributed by atoms with Gasteiger partial charge in [0.05, 0.1) is 6.04 Å². The predicted molar refractivity (Wildman–Crippen MR) is 89.7 cm³/mol. The number of nitrogens with one attached hydrogen (secondary N) is 1. The average molecular weight is 382 g/mol. The van der Waals surface area contributed by atoms with E-state index in [1.807, 2.05) is 6.07 Å². The largest absolute Gasteiger partial charge is 0.491 e. The van der Waals surface area contributed by atoms with Crippen molar-refractivity contribution < 1.29 is 32.5 Å². The van der Waals surface area contributed by atoms with E-state index in [9.17, 15) is 18.0 Å². The molecule has 0 spiro atoms. The minimum Gasteiger partial charge on any atom is -0.491 e. The molecule has 1 aromatic heterocycles. The van der Waals surface area contributed by atoms with Crippen LogP contribution in [0.2, 0.25) is 0 Å². The van der Waals surface area contributed by atoms with E-state index in [1.165, 1.54) is 0 Å². The fraction of sp³-hybridized carbons (Fsp3) is 0.333. The Morgan fingerprint density at radius 1 is 1.33 bits per heavy atom. The zero-order chi connectivity index (χ0) is 19.4. The van der Waals surface area contributed by atoms with E-state index in [4.69, 9.17) is 14.6 Å². The molecule has 1 atom stereocenters. The van der Waals surface area contributed by atoms with Crippen LogP contribution < -0.4 is 14.8 Å². The normalized spacial score (nSPS) is 13.7. The van der Waals surface area contributed by atoms with E-state index in [0.717, 1.165) is 16.7 Å². The molecule has 1 aliphatic rings. The Bertz CT molecular complexity index is 826. The molecular weight excluding hydrogens is 365 g/mol. The van der Waals surface area contributed by atoms with E-state index < -0.39 is 31.2 Å². The minimum absolute atomic E-state index is 0.221. The highest BCUT2D eigenvalue weighted by Crippen LogP contribution is 2.39. The van der Waals surface area contributed by atoms with Crippen LogP contribution in [-0.2, 0) is 6.61 Å². The molecule has 2 heterocycles. The van der Waals surface area contributed by atoms with Crippen LogP contribution in [0.15, 0.2) is 36.7 Å². The number of alkyl halides is 3. The van der Waals surface area contributed by atoms with Crippen LogP contribution in [-0.4, -0.2) is 35.0 Å². The number of pyridine rings is 1. The van der Waals surface area contributed by atoms with Crippen LogP contribution in [0.1, 0.15) is 18.4 Å². The number of halogens is 3. The van der Waals surface area contributed by atoms with Crippen LogP contribution >= 0.6 is 0 Å². The molecule has 27 heavy (non-hydrogen) atoms. The van der Waals surface area contributed by atoms with Crippen molar-refractivity contribution in [1.82, 2.24) is 10.3 Å². The van der Waals surface area contributed by atoms with Crippen molar-refractivity contribution in [2.45, 2.75) is 31.7 Å². The van der Waals surface area contributed by atoms with E-state index in [-0.39, 0.29) is 6.61 Å². The predicted octanol–water partition coefficient (Wildman–Crippen LogP) is 4.00. The van der Waals surface area contributed by atoms with Crippen molar-refractivity contribution in [3.8, 4) is 22.6 Å². The standard InChI is InChI=1S/C18H17F3N2O4/c19-18(20,21)5-3-12(23-17(24)25)10-26-13-1-2-15-14-4-6-22-8-11(14)9-27-16(15)7-13/h1-2,4,6-8,12,23H,3,5,9-10H2,(H,24,25). The highest BCUT2D eigenvalue weighted by atomic mass is 19.4. The molecule has 0 bridgehead atoms. The molecule has 3 rings (SSSR count). The number of carboxylic acid groups (broad SMARTS) is 1. The van der Waals surface area contributed by atoms with E-state index in [1.54, 1.807) is 30.6 Å². The first-order chi connectivity index (χ1) is 12.8. The van der Waals surface area contributed by atoms with Crippen LogP contribution in [0, 0.1) is 0 Å². The molecule has 1 unspecified atom stereocenters. The number of hydrogen-bond acceptors (Lipinski definition) is 4. The summed E-state index contributed by atoms with van der Waals surface area (Å²) in [7, 11) is 0. The number of hydrogen-bond donors (Lipinski definition) is 2. The fourth-order valence-electron chi connectivity index (χ4n) is 2.80. The Labute approximate surface area is 152 Å². The minimum atomic E-state index is -4.36. The maximum atomic E-state index is 12.4. The number of aromatic nitrogens is 1. The van der Waals surface area contributed by atoms with Gasteiger partial charge in [-0.05, 0) is 30.2 Å². The smallest absolute Gasteiger partial charge is 0.404 e. The molecular formula is C18H17F3N2O4. The highest BCUT2D eigenvalue weighted by Gasteiger charge is 2.29. The van der Waals surface area contributed by atoms with Crippen LogP contribution in [0.25, 0.3) is 11.1 Å². The third kappa shape index (κ3) is 5.02. The molecule has 144 valence electrons. The fourth-order valence-corrected chi connectivity index (χ4v) is 2.80. The molecule has 0 radical (unpaired) electrons. The number of ether oxygens (including phenoxy) is 2. The first-order valence-electron chi connectivity index (χ1n) is 8.21. The molecule has 0 aliphatic carbocycles. The van der Waals surface area contributed by atoms with Crippen LogP contribution in [0.4, 0.5) is 18.0 Å². The number of fused-ring (bicyclic) bond motifs is 3. The molecule has 2 aromatic rings. The molecule has 1 aromatic carbocycles. The monoisotopic (exact) mass is 382 g/mol. The van der Waals surface area contributed by atoms with Crippen molar-refractivity contribution in [1.29, 1.82) is 0 Å². The summed E-state index contributed by atoms with van der Waals surface area (Å²) < 4.78 is 48.3. The van der Waals surface area contributed by atoms with E-state index in [2.05, 4.69) is 10.3 Å². The number of rotatable bonds is 6. The molecule has 1 amide bonds. The van der Waals surface area contributed by atoms with Gasteiger partial charge in [0.15, 0.2) is 0 Å². The lowest BCUT2D eigenvalue weighted by molar-refractivity contribution is -0.136. The van der Waals surface area contributed by atoms with Crippen LogP contribution in [0.3, 0.4) is 0 Å². The lowest BCUT2D eigenvalue weighted by Crippen LogP contribution is -2.39. The second-order valence-electron chi connectivity index (χ2n) is 6.09. The van der Waals surface area contributed by atoms with Crippen molar-refractivity contribution in [3.05, 3.63) is 42.2 Å². The quantitative estimate of drug-likeness (QED) is 0.789. The first-order valence-corrected chi connectivity index (χ1v) is 8.21. The van der Waals surface area contributed by atoms with Gasteiger partial charge in [0.25, 0.3) is 0 Å². The molecule has 0 saturated heterocycles. The second-order valence-corrected chi connectivity index (χ2v) is 6.09.